The van der Waals surface area contributed by atoms with Crippen molar-refractivity contribution in [3.8, 4) is 11.6 Å². The Morgan fingerprint density at radius 2 is 2.00 bits per heavy atom. The summed E-state index contributed by atoms with van der Waals surface area (Å²) in [7, 11) is 0. The molecule has 2 aromatic rings. The maximum Gasteiger partial charge on any atom is 0.219 e. The summed E-state index contributed by atoms with van der Waals surface area (Å²) < 4.78 is 19.1. The highest BCUT2D eigenvalue weighted by atomic mass is 19.1. The highest BCUT2D eigenvalue weighted by Gasteiger charge is 2.08. The number of hydrogen-bond acceptors (Lipinski definition) is 3. The van der Waals surface area contributed by atoms with E-state index < -0.39 is 0 Å². The molecule has 0 saturated carbocycles. The van der Waals surface area contributed by atoms with Crippen molar-refractivity contribution in [2.75, 3.05) is 0 Å². The number of benzene rings is 1. The molecule has 3 nitrogen and oxygen atoms in total. The summed E-state index contributed by atoms with van der Waals surface area (Å²) in [5.41, 5.74) is 1.92. The Morgan fingerprint density at radius 3 is 2.67 bits per heavy atom. The molecule has 2 rings (SSSR count). The molecule has 94 valence electrons. The molecule has 0 aliphatic heterocycles. The van der Waals surface area contributed by atoms with E-state index in [-0.39, 0.29) is 18.2 Å². The first-order valence-electron chi connectivity index (χ1n) is 5.62. The van der Waals surface area contributed by atoms with Crippen LogP contribution in [0.5, 0.6) is 11.6 Å². The fraction of sp³-hybridized carbons (Fsp3) is 0.214. The van der Waals surface area contributed by atoms with Gasteiger partial charge in [-0.25, -0.2) is 9.37 Å². The smallest absolute Gasteiger partial charge is 0.219 e. The van der Waals surface area contributed by atoms with Crippen LogP contribution in [0.15, 0.2) is 30.3 Å². The molecule has 0 atom stereocenters. The number of nitrogens with zero attached hydrogens (tertiary/aromatic N) is 1. The first-order valence-corrected chi connectivity index (χ1v) is 5.62. The highest BCUT2D eigenvalue weighted by molar-refractivity contribution is 5.34. The van der Waals surface area contributed by atoms with E-state index in [1.54, 1.807) is 44.2 Å². The van der Waals surface area contributed by atoms with Crippen molar-refractivity contribution in [3.63, 3.8) is 0 Å². The molecule has 0 spiro atoms. The van der Waals surface area contributed by atoms with Crippen LogP contribution in [0.25, 0.3) is 0 Å². The largest absolute Gasteiger partial charge is 0.436 e. The second kappa shape index (κ2) is 5.14. The minimum atomic E-state index is -0.386. The Hall–Kier alpha value is -1.94. The molecule has 0 unspecified atom stereocenters. The minimum Gasteiger partial charge on any atom is -0.436 e. The summed E-state index contributed by atoms with van der Waals surface area (Å²) in [6.07, 6.45) is 0. The molecule has 0 amide bonds. The van der Waals surface area contributed by atoms with E-state index in [0.29, 0.717) is 17.1 Å². The number of aromatic nitrogens is 1. The first-order chi connectivity index (χ1) is 8.61. The number of aliphatic hydroxyl groups excluding tert-OH is 1. The predicted octanol–water partition coefficient (Wildman–Crippen LogP) is 3.12. The molecule has 0 radical (unpaired) electrons. The van der Waals surface area contributed by atoms with Crippen LogP contribution in [-0.4, -0.2) is 10.1 Å². The number of ether oxygens (including phenoxy) is 1. The normalized spacial score (nSPS) is 10.4. The number of rotatable bonds is 3. The standard InChI is InChI=1S/C14H14FNO2/c1-9-4-3-5-12(14(9)15)18-13-7-6-11(8-17)10(2)16-13/h3-7,17H,8H2,1-2H3. The van der Waals surface area contributed by atoms with Crippen LogP contribution in [0.4, 0.5) is 4.39 Å². The van der Waals surface area contributed by atoms with E-state index in [9.17, 15) is 4.39 Å². The summed E-state index contributed by atoms with van der Waals surface area (Å²) in [6.45, 7) is 3.37. The molecule has 1 aromatic heterocycles. The van der Waals surface area contributed by atoms with Crippen LogP contribution in [0, 0.1) is 19.7 Å². The van der Waals surface area contributed by atoms with Crippen LogP contribution in [0.2, 0.25) is 0 Å². The molecular formula is C14H14FNO2. The van der Waals surface area contributed by atoms with Gasteiger partial charge in [-0.05, 0) is 37.1 Å². The van der Waals surface area contributed by atoms with E-state index in [2.05, 4.69) is 4.98 Å². The second-order valence-electron chi connectivity index (χ2n) is 4.04. The van der Waals surface area contributed by atoms with Gasteiger partial charge >= 0.3 is 0 Å². The molecule has 4 heteroatoms. The summed E-state index contributed by atoms with van der Waals surface area (Å²) in [5.74, 6) is 0.0797. The van der Waals surface area contributed by atoms with Crippen molar-refractivity contribution >= 4 is 0 Å². The van der Waals surface area contributed by atoms with Crippen molar-refractivity contribution in [1.29, 1.82) is 0 Å². The SMILES string of the molecule is Cc1cccc(Oc2ccc(CO)c(C)n2)c1F. The Labute approximate surface area is 105 Å². The molecule has 1 N–H and O–H groups in total. The Morgan fingerprint density at radius 1 is 1.22 bits per heavy atom. The fourth-order valence-electron chi connectivity index (χ4n) is 1.60. The average Bonchev–Trinajstić information content (AvgIpc) is 2.35. The van der Waals surface area contributed by atoms with Gasteiger partial charge in [0.2, 0.25) is 5.88 Å². The van der Waals surface area contributed by atoms with Crippen molar-refractivity contribution in [1.82, 2.24) is 4.98 Å². The van der Waals surface area contributed by atoms with Gasteiger partial charge < -0.3 is 9.84 Å². The first kappa shape index (κ1) is 12.5. The molecular weight excluding hydrogens is 233 g/mol. The molecule has 1 heterocycles. The number of halogens is 1. The maximum atomic E-state index is 13.7. The quantitative estimate of drug-likeness (QED) is 0.906. The summed E-state index contributed by atoms with van der Waals surface area (Å²) >= 11 is 0. The Kier molecular flexibility index (Phi) is 3.58. The summed E-state index contributed by atoms with van der Waals surface area (Å²) in [4.78, 5) is 4.16. The number of hydrogen-bond donors (Lipinski definition) is 1. The summed E-state index contributed by atoms with van der Waals surface area (Å²) in [5, 5.41) is 9.04. The monoisotopic (exact) mass is 247 g/mol. The third kappa shape index (κ3) is 2.49. The molecule has 1 aromatic carbocycles. The van der Waals surface area contributed by atoms with Crippen molar-refractivity contribution in [3.05, 3.63) is 53.0 Å². The van der Waals surface area contributed by atoms with Gasteiger partial charge in [-0.3, -0.25) is 0 Å². The fourth-order valence-corrected chi connectivity index (χ4v) is 1.60. The number of aliphatic hydroxyl groups is 1. The van der Waals surface area contributed by atoms with Crippen molar-refractivity contribution < 1.29 is 14.2 Å². The molecule has 0 fully saturated rings. The van der Waals surface area contributed by atoms with Crippen LogP contribution >= 0.6 is 0 Å². The van der Waals surface area contributed by atoms with Gasteiger partial charge in [-0.15, -0.1) is 0 Å². The zero-order chi connectivity index (χ0) is 13.1. The number of aryl methyl sites for hydroxylation is 2. The lowest BCUT2D eigenvalue weighted by atomic mass is 10.2. The van der Waals surface area contributed by atoms with Crippen LogP contribution < -0.4 is 4.74 Å². The van der Waals surface area contributed by atoms with Gasteiger partial charge in [-0.2, -0.15) is 0 Å². The third-order valence-electron chi connectivity index (χ3n) is 2.71. The van der Waals surface area contributed by atoms with Crippen LogP contribution in [0.3, 0.4) is 0 Å². The van der Waals surface area contributed by atoms with E-state index >= 15 is 0 Å². The summed E-state index contributed by atoms with van der Waals surface area (Å²) in [6, 6.07) is 8.28. The van der Waals surface area contributed by atoms with Gasteiger partial charge in [0.15, 0.2) is 11.6 Å². The topological polar surface area (TPSA) is 42.4 Å². The minimum absolute atomic E-state index is 0.0715. The van der Waals surface area contributed by atoms with Gasteiger partial charge in [0.05, 0.1) is 6.61 Å². The lowest BCUT2D eigenvalue weighted by Crippen LogP contribution is -1.97. The molecule has 0 bridgehead atoms. The van der Waals surface area contributed by atoms with Gasteiger partial charge in [-0.1, -0.05) is 12.1 Å². The molecule has 0 aliphatic carbocycles. The van der Waals surface area contributed by atoms with Crippen molar-refractivity contribution in [2.45, 2.75) is 20.5 Å². The molecule has 0 aliphatic rings. The zero-order valence-electron chi connectivity index (χ0n) is 10.3. The van der Waals surface area contributed by atoms with E-state index in [1.165, 1.54) is 0 Å². The van der Waals surface area contributed by atoms with Crippen molar-refractivity contribution in [2.24, 2.45) is 0 Å². The van der Waals surface area contributed by atoms with Crippen LogP contribution in [-0.2, 0) is 6.61 Å². The maximum absolute atomic E-state index is 13.7. The Bertz CT molecular complexity index is 570. The number of pyridine rings is 1. The molecule has 0 saturated heterocycles. The second-order valence-corrected chi connectivity index (χ2v) is 4.04. The lowest BCUT2D eigenvalue weighted by Gasteiger charge is -2.09. The lowest BCUT2D eigenvalue weighted by molar-refractivity contribution is 0.280. The van der Waals surface area contributed by atoms with E-state index in [0.717, 1.165) is 5.56 Å². The Balaban J connectivity index is 2.29. The zero-order valence-corrected chi connectivity index (χ0v) is 10.3. The predicted molar refractivity (Wildman–Crippen MR) is 66.1 cm³/mol. The van der Waals surface area contributed by atoms with Gasteiger partial charge in [0.25, 0.3) is 0 Å². The van der Waals surface area contributed by atoms with Gasteiger partial charge in [0, 0.05) is 11.8 Å². The molecule has 18 heavy (non-hydrogen) atoms. The average molecular weight is 247 g/mol. The van der Waals surface area contributed by atoms with Crippen LogP contribution in [0.1, 0.15) is 16.8 Å². The van der Waals surface area contributed by atoms with Gasteiger partial charge in [0.1, 0.15) is 0 Å². The van der Waals surface area contributed by atoms with E-state index in [1.807, 2.05) is 0 Å². The highest BCUT2D eigenvalue weighted by Crippen LogP contribution is 2.25. The third-order valence-corrected chi connectivity index (χ3v) is 2.71. The van der Waals surface area contributed by atoms with E-state index in [4.69, 9.17) is 9.84 Å².